The lowest BCUT2D eigenvalue weighted by molar-refractivity contribution is 0.0499. The minimum atomic E-state index is -0.284. The Hall–Kier alpha value is -4.64. The number of carbonyl (C=O) groups excluding carboxylic acids is 2. The maximum Gasteiger partial charge on any atom is 0.338 e. The van der Waals surface area contributed by atoms with Crippen molar-refractivity contribution in [2.45, 2.75) is 59.5 Å². The lowest BCUT2D eigenvalue weighted by Crippen LogP contribution is -2.28. The van der Waals surface area contributed by atoms with Gasteiger partial charge in [-0.15, -0.1) is 0 Å². The third-order valence-electron chi connectivity index (χ3n) is 7.39. The number of benzene rings is 4. The molecule has 1 unspecified atom stereocenters. The minimum absolute atomic E-state index is 0.0244. The van der Waals surface area contributed by atoms with Gasteiger partial charge in [0.25, 0.3) is 5.91 Å². The highest BCUT2D eigenvalue weighted by molar-refractivity contribution is 5.98. The predicted octanol–water partition coefficient (Wildman–Crippen LogP) is 9.22. The van der Waals surface area contributed by atoms with Crippen LogP contribution in [0.1, 0.15) is 84.8 Å². The van der Waals surface area contributed by atoms with Gasteiger partial charge in [0.1, 0.15) is 0 Å². The molecule has 1 N–H and O–H groups in total. The van der Waals surface area contributed by atoms with Crippen LogP contribution in [0, 0.1) is 0 Å². The van der Waals surface area contributed by atoms with Crippen molar-refractivity contribution < 1.29 is 14.3 Å². The monoisotopic (exact) mass is 574 g/mol. The first kappa shape index (κ1) is 31.3. The molecule has 0 aliphatic rings. The Morgan fingerprint density at radius 2 is 1.53 bits per heavy atom. The Balaban J connectivity index is 0.00000207. The molecule has 0 saturated heterocycles. The molecule has 0 radical (unpaired) electrons. The lowest BCUT2D eigenvalue weighted by Gasteiger charge is -2.17. The molecule has 1 heterocycles. The average Bonchev–Trinajstić information content (AvgIpc) is 3.46. The van der Waals surface area contributed by atoms with E-state index in [4.69, 9.17) is 4.74 Å². The molecule has 5 nitrogen and oxygen atoms in total. The normalized spacial score (nSPS) is 11.3. The van der Waals surface area contributed by atoms with Crippen LogP contribution in [0.3, 0.4) is 0 Å². The van der Waals surface area contributed by atoms with Gasteiger partial charge in [-0.05, 0) is 77.6 Å². The molecule has 0 bridgehead atoms. The number of fused-ring (bicyclic) bond motifs is 1. The van der Waals surface area contributed by atoms with Gasteiger partial charge in [-0.25, -0.2) is 4.79 Å². The largest absolute Gasteiger partial charge is 0.462 e. The predicted molar refractivity (Wildman–Crippen MR) is 176 cm³/mol. The van der Waals surface area contributed by atoms with Gasteiger partial charge in [0.2, 0.25) is 0 Å². The van der Waals surface area contributed by atoms with Gasteiger partial charge in [-0.2, -0.15) is 0 Å². The summed E-state index contributed by atoms with van der Waals surface area (Å²) in [6.07, 6.45) is 4.73. The second-order valence-corrected chi connectivity index (χ2v) is 10.3. The minimum Gasteiger partial charge on any atom is -0.462 e. The number of nitrogens with zero attached hydrogens (tertiary/aromatic N) is 1. The third kappa shape index (κ3) is 8.01. The number of amides is 1. The highest BCUT2D eigenvalue weighted by Gasteiger charge is 2.15. The maximum atomic E-state index is 13.1. The van der Waals surface area contributed by atoms with Crippen LogP contribution in [0.4, 0.5) is 0 Å². The average molecular weight is 575 g/mol. The van der Waals surface area contributed by atoms with Crippen LogP contribution in [0.15, 0.2) is 109 Å². The molecule has 0 saturated carbocycles. The van der Waals surface area contributed by atoms with Gasteiger partial charge >= 0.3 is 5.97 Å². The van der Waals surface area contributed by atoms with Crippen molar-refractivity contribution in [1.82, 2.24) is 9.88 Å². The molecule has 1 atom stereocenters. The van der Waals surface area contributed by atoms with Crippen molar-refractivity contribution in [1.29, 1.82) is 0 Å². The van der Waals surface area contributed by atoms with Crippen LogP contribution in [-0.4, -0.2) is 23.1 Å². The molecule has 1 aromatic heterocycles. The van der Waals surface area contributed by atoms with Crippen LogP contribution in [0.5, 0.6) is 0 Å². The summed E-state index contributed by atoms with van der Waals surface area (Å²) in [5, 5.41) is 4.21. The van der Waals surface area contributed by atoms with E-state index in [2.05, 4.69) is 54.2 Å². The van der Waals surface area contributed by atoms with E-state index >= 15 is 0 Å². The molecule has 0 aliphatic carbocycles. The molecule has 4 aromatic carbocycles. The summed E-state index contributed by atoms with van der Waals surface area (Å²) < 4.78 is 7.59. The molecule has 0 aliphatic heterocycles. The Bertz CT molecular complexity index is 1640. The van der Waals surface area contributed by atoms with E-state index in [1.54, 1.807) is 6.07 Å². The van der Waals surface area contributed by atoms with Crippen LogP contribution in [0.25, 0.3) is 22.0 Å². The molecule has 5 rings (SSSR count). The van der Waals surface area contributed by atoms with E-state index in [1.165, 1.54) is 0 Å². The molecule has 1 amide bonds. The molecule has 222 valence electrons. The molecule has 43 heavy (non-hydrogen) atoms. The van der Waals surface area contributed by atoms with Gasteiger partial charge in [0.05, 0.1) is 18.2 Å². The van der Waals surface area contributed by atoms with Crippen LogP contribution >= 0.6 is 0 Å². The standard InChI is InChI=1S/C36H36N2O3.C2H6/c1-3-5-21-41-36(40)32-16-10-15-29(23-32)28-14-9-11-26(22-28)25-38-20-19-30-24-31(17-18-34(30)38)35(39)37-33(4-2)27-12-7-6-8-13-27;1-2/h6-20,22-24,33H,3-5,21,25H2,1-2H3,(H,37,39);1-2H3. The zero-order valence-electron chi connectivity index (χ0n) is 25.7. The Kier molecular flexibility index (Phi) is 11.3. The smallest absolute Gasteiger partial charge is 0.338 e. The molecule has 5 heteroatoms. The van der Waals surface area contributed by atoms with Gasteiger partial charge in [0, 0.05) is 29.2 Å². The summed E-state index contributed by atoms with van der Waals surface area (Å²) in [7, 11) is 0. The van der Waals surface area contributed by atoms with Gasteiger partial charge in [-0.1, -0.05) is 94.8 Å². The number of rotatable bonds is 11. The first-order valence-corrected chi connectivity index (χ1v) is 15.4. The van der Waals surface area contributed by atoms with E-state index in [-0.39, 0.29) is 17.9 Å². The van der Waals surface area contributed by atoms with Gasteiger partial charge in [-0.3, -0.25) is 4.79 Å². The van der Waals surface area contributed by atoms with Crippen molar-refractivity contribution in [3.63, 3.8) is 0 Å². The van der Waals surface area contributed by atoms with E-state index in [0.717, 1.165) is 52.4 Å². The topological polar surface area (TPSA) is 60.3 Å². The number of hydrogen-bond donors (Lipinski definition) is 1. The summed E-state index contributed by atoms with van der Waals surface area (Å²) in [5.74, 6) is -0.354. The van der Waals surface area contributed by atoms with Crippen LogP contribution in [-0.2, 0) is 11.3 Å². The second kappa shape index (κ2) is 15.5. The summed E-state index contributed by atoms with van der Waals surface area (Å²) in [4.78, 5) is 25.5. The van der Waals surface area contributed by atoms with Crippen molar-refractivity contribution in [2.24, 2.45) is 0 Å². The fraction of sp³-hybridized carbons (Fsp3) is 0.263. The molecular weight excluding hydrogens is 532 g/mol. The quantitative estimate of drug-likeness (QED) is 0.126. The molecule has 0 fully saturated rings. The van der Waals surface area contributed by atoms with Crippen LogP contribution < -0.4 is 5.32 Å². The van der Waals surface area contributed by atoms with E-state index in [9.17, 15) is 9.59 Å². The van der Waals surface area contributed by atoms with Crippen LogP contribution in [0.2, 0.25) is 0 Å². The summed E-state index contributed by atoms with van der Waals surface area (Å²) in [5.41, 5.74) is 6.56. The fourth-order valence-corrected chi connectivity index (χ4v) is 5.09. The summed E-state index contributed by atoms with van der Waals surface area (Å²) >= 11 is 0. The number of esters is 1. The van der Waals surface area contributed by atoms with Crippen molar-refractivity contribution in [2.75, 3.05) is 6.61 Å². The first-order chi connectivity index (χ1) is 21.1. The zero-order valence-corrected chi connectivity index (χ0v) is 25.7. The molecular formula is C38H42N2O3. The number of carbonyl (C=O) groups is 2. The van der Waals surface area contributed by atoms with E-state index < -0.39 is 0 Å². The maximum absolute atomic E-state index is 13.1. The van der Waals surface area contributed by atoms with Gasteiger partial charge in [0.15, 0.2) is 0 Å². The summed E-state index contributed by atoms with van der Waals surface area (Å²) in [6, 6.07) is 33.9. The highest BCUT2D eigenvalue weighted by atomic mass is 16.5. The van der Waals surface area contributed by atoms with Crippen molar-refractivity contribution in [3.8, 4) is 11.1 Å². The van der Waals surface area contributed by atoms with E-state index in [1.807, 2.05) is 86.6 Å². The lowest BCUT2D eigenvalue weighted by atomic mass is 10.0. The summed E-state index contributed by atoms with van der Waals surface area (Å²) in [6.45, 7) is 9.28. The highest BCUT2D eigenvalue weighted by Crippen LogP contribution is 2.25. The van der Waals surface area contributed by atoms with Crippen molar-refractivity contribution in [3.05, 3.63) is 132 Å². The Labute approximate surface area is 255 Å². The number of aromatic nitrogens is 1. The molecule has 5 aromatic rings. The Morgan fingerprint density at radius 3 is 2.28 bits per heavy atom. The Morgan fingerprint density at radius 1 is 0.791 bits per heavy atom. The number of unbranched alkanes of at least 4 members (excludes halogenated alkanes) is 1. The molecule has 0 spiro atoms. The van der Waals surface area contributed by atoms with Gasteiger partial charge < -0.3 is 14.6 Å². The zero-order chi connectivity index (χ0) is 30.6. The second-order valence-electron chi connectivity index (χ2n) is 10.3. The van der Waals surface area contributed by atoms with Crippen molar-refractivity contribution >= 4 is 22.8 Å². The fourth-order valence-electron chi connectivity index (χ4n) is 5.09. The number of nitrogens with one attached hydrogen (secondary N) is 1. The van der Waals surface area contributed by atoms with E-state index in [0.29, 0.717) is 24.3 Å². The SMILES string of the molecule is CC.CCCCOC(=O)c1cccc(-c2cccc(Cn3ccc4cc(C(=O)NC(CC)c5ccccc5)ccc43)c2)c1. The third-order valence-corrected chi connectivity index (χ3v) is 7.39. The first-order valence-electron chi connectivity index (χ1n) is 15.4. The number of ether oxygens (including phenoxy) is 1. The number of hydrogen-bond acceptors (Lipinski definition) is 3.